The largest absolute Gasteiger partial charge is 0.465 e. The second-order valence-electron chi connectivity index (χ2n) is 3.41. The monoisotopic (exact) mass is 247 g/mol. The summed E-state index contributed by atoms with van der Waals surface area (Å²) < 4.78 is 23.4. The number of benzene rings is 1. The van der Waals surface area contributed by atoms with Crippen molar-refractivity contribution in [2.24, 2.45) is 0 Å². The Kier molecular flexibility index (Phi) is 3.52. The summed E-state index contributed by atoms with van der Waals surface area (Å²) in [4.78, 5) is 15.1. The van der Waals surface area contributed by atoms with Gasteiger partial charge in [0.05, 0.1) is 12.7 Å². The molecule has 4 nitrogen and oxygen atoms in total. The average Bonchev–Trinajstić information content (AvgIpc) is 2.41. The molecule has 1 aromatic heterocycles. The zero-order chi connectivity index (χ0) is 13.0. The molecule has 0 amide bonds. The molecule has 0 aliphatic heterocycles. The molecule has 0 aliphatic carbocycles. The summed E-state index contributed by atoms with van der Waals surface area (Å²) in [7, 11) is 1.23. The normalized spacial score (nSPS) is 9.89. The van der Waals surface area contributed by atoms with Crippen molar-refractivity contribution in [2.45, 2.75) is 0 Å². The lowest BCUT2D eigenvalue weighted by Gasteiger charge is -2.06. The van der Waals surface area contributed by atoms with E-state index in [1.165, 1.54) is 25.4 Å². The van der Waals surface area contributed by atoms with Gasteiger partial charge in [-0.3, -0.25) is 0 Å². The van der Waals surface area contributed by atoms with Crippen LogP contribution in [0.4, 0.5) is 4.39 Å². The van der Waals surface area contributed by atoms with Gasteiger partial charge in [-0.05, 0) is 24.3 Å². The minimum Gasteiger partial charge on any atom is -0.465 e. The van der Waals surface area contributed by atoms with Gasteiger partial charge in [-0.2, -0.15) is 0 Å². The standard InChI is InChI=1S/C13H10FNO3/c1-17-13(16)9-5-6-11(10(14)8-9)18-12-4-2-3-7-15-12/h2-8H,1H3. The first-order valence-corrected chi connectivity index (χ1v) is 5.17. The molecule has 0 saturated heterocycles. The lowest BCUT2D eigenvalue weighted by Crippen LogP contribution is -2.02. The fraction of sp³-hybridized carbons (Fsp3) is 0.0769. The van der Waals surface area contributed by atoms with Gasteiger partial charge < -0.3 is 9.47 Å². The van der Waals surface area contributed by atoms with Crippen LogP contribution in [0, 0.1) is 5.82 Å². The number of carbonyl (C=O) groups excluding carboxylic acids is 1. The lowest BCUT2D eigenvalue weighted by molar-refractivity contribution is 0.0600. The van der Waals surface area contributed by atoms with Gasteiger partial charge in [0.2, 0.25) is 5.88 Å². The van der Waals surface area contributed by atoms with Crippen LogP contribution in [0.2, 0.25) is 0 Å². The molecule has 18 heavy (non-hydrogen) atoms. The molecule has 1 heterocycles. The Balaban J connectivity index is 2.23. The molecule has 0 saturated carbocycles. The van der Waals surface area contributed by atoms with Crippen molar-refractivity contribution >= 4 is 5.97 Å². The Labute approximate surface area is 103 Å². The number of aromatic nitrogens is 1. The molecule has 5 heteroatoms. The Bertz CT molecular complexity index is 557. The highest BCUT2D eigenvalue weighted by Gasteiger charge is 2.11. The second-order valence-corrected chi connectivity index (χ2v) is 3.41. The summed E-state index contributed by atoms with van der Waals surface area (Å²) in [5, 5.41) is 0. The fourth-order valence-corrected chi connectivity index (χ4v) is 1.35. The first kappa shape index (κ1) is 12.0. The average molecular weight is 247 g/mol. The number of methoxy groups -OCH3 is 1. The van der Waals surface area contributed by atoms with Gasteiger partial charge in [-0.15, -0.1) is 0 Å². The van der Waals surface area contributed by atoms with Crippen LogP contribution in [-0.4, -0.2) is 18.1 Å². The van der Waals surface area contributed by atoms with Crippen molar-refractivity contribution < 1.29 is 18.7 Å². The summed E-state index contributed by atoms with van der Waals surface area (Å²) in [6.45, 7) is 0. The molecule has 0 aliphatic rings. The molecule has 0 spiro atoms. The van der Waals surface area contributed by atoms with Crippen molar-refractivity contribution in [2.75, 3.05) is 7.11 Å². The highest BCUT2D eigenvalue weighted by Crippen LogP contribution is 2.23. The van der Waals surface area contributed by atoms with Gasteiger partial charge in [-0.25, -0.2) is 14.2 Å². The molecule has 2 aromatic rings. The third-order valence-corrected chi connectivity index (χ3v) is 2.21. The number of hydrogen-bond acceptors (Lipinski definition) is 4. The molecule has 0 fully saturated rings. The summed E-state index contributed by atoms with van der Waals surface area (Å²) >= 11 is 0. The maximum atomic E-state index is 13.7. The molecule has 1 aromatic carbocycles. The smallest absolute Gasteiger partial charge is 0.337 e. The van der Waals surface area contributed by atoms with E-state index in [1.54, 1.807) is 18.2 Å². The van der Waals surface area contributed by atoms with Crippen LogP contribution in [0.25, 0.3) is 0 Å². The molecule has 0 atom stereocenters. The van der Waals surface area contributed by atoms with Gasteiger partial charge in [0.1, 0.15) is 0 Å². The maximum absolute atomic E-state index is 13.7. The molecule has 0 N–H and O–H groups in total. The molecule has 0 radical (unpaired) electrons. The molecular formula is C13H10FNO3. The number of rotatable bonds is 3. The van der Waals surface area contributed by atoms with Crippen LogP contribution in [0.15, 0.2) is 42.6 Å². The number of esters is 1. The first-order chi connectivity index (χ1) is 8.70. The molecule has 92 valence electrons. The zero-order valence-electron chi connectivity index (χ0n) is 9.59. The van der Waals surface area contributed by atoms with Crippen LogP contribution in [0.1, 0.15) is 10.4 Å². The second kappa shape index (κ2) is 5.27. The molecule has 0 bridgehead atoms. The van der Waals surface area contributed by atoms with E-state index in [0.29, 0.717) is 0 Å². The van der Waals surface area contributed by atoms with E-state index in [4.69, 9.17) is 4.74 Å². The number of hydrogen-bond donors (Lipinski definition) is 0. The van der Waals surface area contributed by atoms with Gasteiger partial charge in [0.25, 0.3) is 0 Å². The third-order valence-electron chi connectivity index (χ3n) is 2.21. The van der Waals surface area contributed by atoms with Crippen molar-refractivity contribution in [3.8, 4) is 11.6 Å². The van der Waals surface area contributed by atoms with Gasteiger partial charge in [0, 0.05) is 12.3 Å². The van der Waals surface area contributed by atoms with Crippen LogP contribution in [-0.2, 0) is 4.74 Å². The Morgan fingerprint density at radius 2 is 2.11 bits per heavy atom. The van der Waals surface area contributed by atoms with E-state index in [1.807, 2.05) is 0 Å². The van der Waals surface area contributed by atoms with Gasteiger partial charge in [-0.1, -0.05) is 6.07 Å². The van der Waals surface area contributed by atoms with E-state index in [9.17, 15) is 9.18 Å². The minimum absolute atomic E-state index is 0.00125. The molecule has 0 unspecified atom stereocenters. The number of halogens is 1. The Morgan fingerprint density at radius 3 is 2.72 bits per heavy atom. The van der Waals surface area contributed by atoms with Crippen molar-refractivity contribution in [3.05, 3.63) is 54.0 Å². The first-order valence-electron chi connectivity index (χ1n) is 5.17. The van der Waals surface area contributed by atoms with Crippen molar-refractivity contribution in [1.29, 1.82) is 0 Å². The SMILES string of the molecule is COC(=O)c1ccc(Oc2ccccn2)c(F)c1. The zero-order valence-corrected chi connectivity index (χ0v) is 9.59. The third kappa shape index (κ3) is 2.63. The maximum Gasteiger partial charge on any atom is 0.337 e. The predicted molar refractivity (Wildman–Crippen MR) is 62.1 cm³/mol. The quantitative estimate of drug-likeness (QED) is 0.782. The van der Waals surface area contributed by atoms with Crippen molar-refractivity contribution in [3.63, 3.8) is 0 Å². The fourth-order valence-electron chi connectivity index (χ4n) is 1.35. The summed E-state index contributed by atoms with van der Waals surface area (Å²) in [5.41, 5.74) is 0.128. The summed E-state index contributed by atoms with van der Waals surface area (Å²) in [6.07, 6.45) is 1.54. The van der Waals surface area contributed by atoms with E-state index >= 15 is 0 Å². The Hall–Kier alpha value is -2.43. The van der Waals surface area contributed by atoms with Crippen LogP contribution in [0.5, 0.6) is 11.6 Å². The predicted octanol–water partition coefficient (Wildman–Crippen LogP) is 2.80. The van der Waals surface area contributed by atoms with Gasteiger partial charge in [0.15, 0.2) is 11.6 Å². The number of pyridine rings is 1. The van der Waals surface area contributed by atoms with E-state index in [-0.39, 0.29) is 17.2 Å². The van der Waals surface area contributed by atoms with Crippen LogP contribution < -0.4 is 4.74 Å². The number of carbonyl (C=O) groups is 1. The number of ether oxygens (including phenoxy) is 2. The van der Waals surface area contributed by atoms with Crippen LogP contribution >= 0.6 is 0 Å². The Morgan fingerprint density at radius 1 is 1.28 bits per heavy atom. The van der Waals surface area contributed by atoms with E-state index in [2.05, 4.69) is 9.72 Å². The highest BCUT2D eigenvalue weighted by molar-refractivity contribution is 5.89. The molecule has 2 rings (SSSR count). The van der Waals surface area contributed by atoms with Crippen LogP contribution in [0.3, 0.4) is 0 Å². The van der Waals surface area contributed by atoms with E-state index in [0.717, 1.165) is 6.07 Å². The van der Waals surface area contributed by atoms with Gasteiger partial charge >= 0.3 is 5.97 Å². The topological polar surface area (TPSA) is 48.4 Å². The highest BCUT2D eigenvalue weighted by atomic mass is 19.1. The number of nitrogens with zero attached hydrogens (tertiary/aromatic N) is 1. The van der Waals surface area contributed by atoms with E-state index < -0.39 is 11.8 Å². The lowest BCUT2D eigenvalue weighted by atomic mass is 10.2. The summed E-state index contributed by atoms with van der Waals surface area (Å²) in [5.74, 6) is -0.967. The molecular weight excluding hydrogens is 237 g/mol. The van der Waals surface area contributed by atoms with Crippen molar-refractivity contribution in [1.82, 2.24) is 4.98 Å². The summed E-state index contributed by atoms with van der Waals surface area (Å²) in [6, 6.07) is 8.90. The minimum atomic E-state index is -0.649.